The molecule has 0 unspecified atom stereocenters. The molecule has 1 aromatic rings. The number of alkyl halides is 3. The van der Waals surface area contributed by atoms with Gasteiger partial charge in [-0.1, -0.05) is 0 Å². The second kappa shape index (κ2) is 2.62. The van der Waals surface area contributed by atoms with E-state index in [2.05, 4.69) is 4.98 Å². The predicted molar refractivity (Wildman–Crippen MR) is 32.9 cm³/mol. The van der Waals surface area contributed by atoms with Crippen LogP contribution in [0.2, 0.25) is 0 Å². The second-order valence-corrected chi connectivity index (χ2v) is 2.28. The Morgan fingerprint density at radius 3 is 2.50 bits per heavy atom. The van der Waals surface area contributed by atoms with E-state index in [9.17, 15) is 18.4 Å². The van der Waals surface area contributed by atoms with Crippen LogP contribution >= 0.6 is 0 Å². The molecule has 0 N–H and O–H groups in total. The van der Waals surface area contributed by atoms with Crippen molar-refractivity contribution in [3.05, 3.63) is 29.0 Å². The number of hydrogen-bond donors (Lipinski definition) is 0. The van der Waals surface area contributed by atoms with Crippen molar-refractivity contribution < 1.29 is 17.9 Å². The average Bonchev–Trinajstić information content (AvgIpc) is 1.83. The van der Waals surface area contributed by atoms with Crippen molar-refractivity contribution in [2.24, 2.45) is 0 Å². The van der Waals surface area contributed by atoms with Crippen LogP contribution < -0.4 is 4.73 Å². The van der Waals surface area contributed by atoms with Crippen LogP contribution in [0.25, 0.3) is 0 Å². The van der Waals surface area contributed by atoms with Gasteiger partial charge in [-0.25, -0.2) is 4.73 Å². The molecule has 0 aliphatic carbocycles. The summed E-state index contributed by atoms with van der Waals surface area (Å²) in [4.78, 5) is 2.97. The number of hydrogen-bond acceptors (Lipinski definition) is 2. The summed E-state index contributed by atoms with van der Waals surface area (Å²) in [5.74, 6) is -1.44. The van der Waals surface area contributed by atoms with Crippen molar-refractivity contribution in [2.45, 2.75) is 13.1 Å². The molecule has 3 nitrogen and oxygen atoms in total. The van der Waals surface area contributed by atoms with Crippen molar-refractivity contribution in [3.8, 4) is 0 Å². The highest BCUT2D eigenvalue weighted by molar-refractivity contribution is 4.98. The molecule has 0 saturated carbocycles. The van der Waals surface area contributed by atoms with Crippen LogP contribution in [-0.4, -0.2) is 4.98 Å². The van der Waals surface area contributed by atoms with Crippen LogP contribution in [-0.2, 0) is 6.18 Å². The fraction of sp³-hybridized carbons (Fsp3) is 0.333. The van der Waals surface area contributed by atoms with Crippen LogP contribution in [0.3, 0.4) is 0 Å². The molecule has 0 saturated heterocycles. The van der Waals surface area contributed by atoms with E-state index in [1.54, 1.807) is 0 Å². The summed E-state index contributed by atoms with van der Waals surface area (Å²) in [5, 5.41) is 10.6. The molecule has 6 heteroatoms. The van der Waals surface area contributed by atoms with Gasteiger partial charge in [0.05, 0.1) is 0 Å². The Morgan fingerprint density at radius 1 is 1.50 bits per heavy atom. The first-order chi connectivity index (χ1) is 5.41. The molecule has 0 atom stereocenters. The average molecular weight is 178 g/mol. The third kappa shape index (κ3) is 1.63. The van der Waals surface area contributed by atoms with Gasteiger partial charge >= 0.3 is 12.0 Å². The van der Waals surface area contributed by atoms with Crippen LogP contribution in [0.15, 0.2) is 12.4 Å². The Balaban J connectivity index is 3.19. The number of nitrogens with zero attached hydrogens (tertiary/aromatic N) is 2. The lowest BCUT2D eigenvalue weighted by molar-refractivity contribution is -0.633. The quantitative estimate of drug-likeness (QED) is 0.440. The fourth-order valence-corrected chi connectivity index (χ4v) is 0.697. The maximum absolute atomic E-state index is 11.9. The minimum atomic E-state index is -4.69. The monoisotopic (exact) mass is 178 g/mol. The normalized spacial score (nSPS) is 11.7. The van der Waals surface area contributed by atoms with E-state index >= 15 is 0 Å². The molecular weight excluding hydrogens is 173 g/mol. The van der Waals surface area contributed by atoms with E-state index in [1.165, 1.54) is 6.92 Å². The minimum Gasteiger partial charge on any atom is -0.710 e. The summed E-state index contributed by atoms with van der Waals surface area (Å²) in [5.41, 5.74) is 0.387. The SMILES string of the molecule is Cc1cnc(C(F)(F)F)[n+]([O-])c1. The first kappa shape index (κ1) is 8.76. The molecule has 12 heavy (non-hydrogen) atoms. The highest BCUT2D eigenvalue weighted by atomic mass is 19.4. The topological polar surface area (TPSA) is 39.8 Å². The van der Waals surface area contributed by atoms with Gasteiger partial charge in [-0.15, -0.1) is 0 Å². The molecule has 0 aliphatic heterocycles. The Labute approximate surface area is 66.1 Å². The van der Waals surface area contributed by atoms with Crippen molar-refractivity contribution in [3.63, 3.8) is 0 Å². The van der Waals surface area contributed by atoms with Crippen molar-refractivity contribution >= 4 is 0 Å². The zero-order valence-electron chi connectivity index (χ0n) is 6.09. The molecule has 1 aromatic heterocycles. The van der Waals surface area contributed by atoms with E-state index in [1.807, 2.05) is 0 Å². The van der Waals surface area contributed by atoms with Crippen molar-refractivity contribution in [1.82, 2.24) is 4.98 Å². The number of halogens is 3. The first-order valence-electron chi connectivity index (χ1n) is 3.04. The molecule has 1 heterocycles. The smallest absolute Gasteiger partial charge is 0.499 e. The lowest BCUT2D eigenvalue weighted by Gasteiger charge is -2.07. The summed E-state index contributed by atoms with van der Waals surface area (Å²) in [6.07, 6.45) is -2.86. The maximum Gasteiger partial charge on any atom is 0.499 e. The third-order valence-electron chi connectivity index (χ3n) is 1.17. The fourth-order valence-electron chi connectivity index (χ4n) is 0.697. The first-order valence-corrected chi connectivity index (χ1v) is 3.04. The van der Waals surface area contributed by atoms with Gasteiger partial charge in [0.2, 0.25) is 0 Å². The molecule has 1 rings (SSSR count). The van der Waals surface area contributed by atoms with Crippen molar-refractivity contribution in [1.29, 1.82) is 0 Å². The van der Waals surface area contributed by atoms with Crippen molar-refractivity contribution in [2.75, 3.05) is 0 Å². The van der Waals surface area contributed by atoms with Gasteiger partial charge in [0, 0.05) is 5.56 Å². The number of rotatable bonds is 0. The molecule has 66 valence electrons. The molecule has 0 aliphatic rings. The molecular formula is C6H5F3N2O. The number of aryl methyl sites for hydroxylation is 1. The van der Waals surface area contributed by atoms with Gasteiger partial charge < -0.3 is 5.21 Å². The standard InChI is InChI=1S/C6H5F3N2O/c1-4-2-10-5(6(7,8)9)11(12)3-4/h2-3H,1H3. The van der Waals surface area contributed by atoms with Crippen LogP contribution in [0.5, 0.6) is 0 Å². The molecule has 0 fully saturated rings. The summed E-state index contributed by atoms with van der Waals surface area (Å²) in [6.45, 7) is 1.49. The van der Waals surface area contributed by atoms with Gasteiger partial charge in [-0.05, 0) is 11.9 Å². The summed E-state index contributed by atoms with van der Waals surface area (Å²) >= 11 is 0. The van der Waals surface area contributed by atoms with Gasteiger partial charge in [0.15, 0.2) is 0 Å². The molecule has 0 radical (unpaired) electrons. The maximum atomic E-state index is 11.9. The lowest BCUT2D eigenvalue weighted by atomic mass is 10.4. The van der Waals surface area contributed by atoms with E-state index in [0.29, 0.717) is 5.56 Å². The Kier molecular flexibility index (Phi) is 1.91. The molecule has 0 aromatic carbocycles. The molecule has 0 bridgehead atoms. The summed E-state index contributed by atoms with van der Waals surface area (Å²) in [6, 6.07) is 0. The summed E-state index contributed by atoms with van der Waals surface area (Å²) in [7, 11) is 0. The highest BCUT2D eigenvalue weighted by Crippen LogP contribution is 2.24. The van der Waals surface area contributed by atoms with Gasteiger partial charge in [-0.3, -0.25) is 0 Å². The van der Waals surface area contributed by atoms with Gasteiger partial charge in [-0.2, -0.15) is 13.2 Å². The van der Waals surface area contributed by atoms with Crippen LogP contribution in [0, 0.1) is 12.1 Å². The van der Waals surface area contributed by atoms with E-state index in [-0.39, 0.29) is 4.73 Å². The van der Waals surface area contributed by atoms with E-state index < -0.39 is 12.0 Å². The number of aromatic nitrogens is 2. The van der Waals surface area contributed by atoms with E-state index in [4.69, 9.17) is 0 Å². The molecule has 0 amide bonds. The Hall–Kier alpha value is -1.33. The second-order valence-electron chi connectivity index (χ2n) is 2.28. The van der Waals surface area contributed by atoms with Gasteiger partial charge in [0.1, 0.15) is 12.4 Å². The minimum absolute atomic E-state index is 0.282. The Bertz CT molecular complexity index is 297. The van der Waals surface area contributed by atoms with Gasteiger partial charge in [0.25, 0.3) is 0 Å². The zero-order chi connectivity index (χ0) is 9.35. The molecule has 0 spiro atoms. The van der Waals surface area contributed by atoms with E-state index in [0.717, 1.165) is 12.4 Å². The summed E-state index contributed by atoms with van der Waals surface area (Å²) < 4.78 is 35.4. The largest absolute Gasteiger partial charge is 0.710 e. The Morgan fingerprint density at radius 2 is 2.08 bits per heavy atom. The lowest BCUT2D eigenvalue weighted by Crippen LogP contribution is -2.38. The van der Waals surface area contributed by atoms with Crippen LogP contribution in [0.1, 0.15) is 11.4 Å². The highest BCUT2D eigenvalue weighted by Gasteiger charge is 2.42. The zero-order valence-corrected chi connectivity index (χ0v) is 6.09. The van der Waals surface area contributed by atoms with Crippen LogP contribution in [0.4, 0.5) is 13.2 Å². The predicted octanol–water partition coefficient (Wildman–Crippen LogP) is 1.04. The third-order valence-corrected chi connectivity index (χ3v) is 1.17.